The van der Waals surface area contributed by atoms with Crippen molar-refractivity contribution in [2.45, 2.75) is 59.9 Å². The van der Waals surface area contributed by atoms with Crippen molar-refractivity contribution < 1.29 is 4.79 Å². The topological polar surface area (TPSA) is 46.3 Å². The van der Waals surface area contributed by atoms with Gasteiger partial charge in [-0.25, -0.2) is 0 Å². The first-order chi connectivity index (χ1) is 8.27. The van der Waals surface area contributed by atoms with Gasteiger partial charge in [-0.3, -0.25) is 4.79 Å². The quantitative estimate of drug-likeness (QED) is 0.868. The molecule has 0 aromatic heterocycles. The highest BCUT2D eigenvalue weighted by Crippen LogP contribution is 2.34. The number of carbonyl (C=O) groups is 1. The maximum atomic E-state index is 12.3. The van der Waals surface area contributed by atoms with Gasteiger partial charge >= 0.3 is 0 Å². The van der Waals surface area contributed by atoms with Crippen molar-refractivity contribution in [2.24, 2.45) is 23.0 Å². The van der Waals surface area contributed by atoms with Crippen LogP contribution in [0.1, 0.15) is 53.9 Å². The fourth-order valence-electron chi connectivity index (χ4n) is 2.67. The summed E-state index contributed by atoms with van der Waals surface area (Å²) >= 11 is 0. The van der Waals surface area contributed by atoms with E-state index in [4.69, 9.17) is 5.73 Å². The van der Waals surface area contributed by atoms with Gasteiger partial charge in [0.2, 0.25) is 5.91 Å². The van der Waals surface area contributed by atoms with Crippen molar-refractivity contribution in [3.63, 3.8) is 0 Å². The van der Waals surface area contributed by atoms with Crippen LogP contribution in [-0.2, 0) is 4.79 Å². The third-order valence-corrected chi connectivity index (χ3v) is 4.57. The molecule has 0 aromatic carbocycles. The Morgan fingerprint density at radius 3 is 2.16 bits per heavy atom. The minimum absolute atomic E-state index is 0. The maximum absolute atomic E-state index is 12.3. The Bertz CT molecular complexity index is 280. The van der Waals surface area contributed by atoms with E-state index in [0.717, 1.165) is 38.3 Å². The molecule has 1 heterocycles. The second kappa shape index (κ2) is 7.49. The molecule has 0 bridgehead atoms. The highest BCUT2D eigenvalue weighted by atomic mass is 35.5. The molecule has 1 amide bonds. The molecule has 3 nitrogen and oxygen atoms in total. The number of likely N-dealkylation sites (tertiary alicyclic amines) is 1. The molecule has 19 heavy (non-hydrogen) atoms. The first-order valence-electron chi connectivity index (χ1n) is 7.31. The van der Waals surface area contributed by atoms with E-state index in [2.05, 4.69) is 34.6 Å². The summed E-state index contributed by atoms with van der Waals surface area (Å²) in [7, 11) is 0. The van der Waals surface area contributed by atoms with Crippen LogP contribution in [0.5, 0.6) is 0 Å². The number of hydrogen-bond acceptors (Lipinski definition) is 2. The molecule has 1 aliphatic rings. The molecule has 1 aliphatic heterocycles. The Morgan fingerprint density at radius 2 is 1.79 bits per heavy atom. The van der Waals surface area contributed by atoms with Gasteiger partial charge in [-0.05, 0) is 30.1 Å². The van der Waals surface area contributed by atoms with Gasteiger partial charge in [0, 0.05) is 13.1 Å². The summed E-state index contributed by atoms with van der Waals surface area (Å²) in [5, 5.41) is 0. The average molecular weight is 291 g/mol. The minimum Gasteiger partial charge on any atom is -0.341 e. The molecule has 0 aromatic rings. The molecule has 0 radical (unpaired) electrons. The van der Waals surface area contributed by atoms with Crippen LogP contribution in [0.3, 0.4) is 0 Å². The van der Waals surface area contributed by atoms with Gasteiger partial charge in [0.1, 0.15) is 0 Å². The maximum Gasteiger partial charge on any atom is 0.239 e. The SMILES string of the molecule is CCC(C)C(N)C(=O)N1CCC(C(C)(C)C)CC1.Cl. The van der Waals surface area contributed by atoms with E-state index in [1.807, 2.05) is 4.90 Å². The molecule has 2 atom stereocenters. The van der Waals surface area contributed by atoms with E-state index >= 15 is 0 Å². The van der Waals surface area contributed by atoms with E-state index in [0.29, 0.717) is 5.41 Å². The lowest BCUT2D eigenvalue weighted by molar-refractivity contribution is -0.135. The Labute approximate surface area is 124 Å². The van der Waals surface area contributed by atoms with E-state index < -0.39 is 0 Å². The van der Waals surface area contributed by atoms with Crippen LogP contribution in [-0.4, -0.2) is 29.9 Å². The summed E-state index contributed by atoms with van der Waals surface area (Å²) in [4.78, 5) is 14.2. The highest BCUT2D eigenvalue weighted by molar-refractivity contribution is 5.85. The number of nitrogens with zero attached hydrogens (tertiary/aromatic N) is 1. The normalized spacial score (nSPS) is 20.6. The molecule has 4 heteroatoms. The second-order valence-corrected chi connectivity index (χ2v) is 6.88. The van der Waals surface area contributed by atoms with E-state index in [9.17, 15) is 4.79 Å². The molecule has 1 fully saturated rings. The van der Waals surface area contributed by atoms with Crippen molar-refractivity contribution >= 4 is 18.3 Å². The Morgan fingerprint density at radius 1 is 1.32 bits per heavy atom. The molecule has 114 valence electrons. The number of piperidine rings is 1. The third kappa shape index (κ3) is 4.96. The van der Waals surface area contributed by atoms with Gasteiger partial charge in [0.25, 0.3) is 0 Å². The van der Waals surface area contributed by atoms with E-state index in [1.54, 1.807) is 0 Å². The number of hydrogen-bond donors (Lipinski definition) is 1. The summed E-state index contributed by atoms with van der Waals surface area (Å²) in [6.45, 7) is 12.8. The monoisotopic (exact) mass is 290 g/mol. The molecule has 0 saturated carbocycles. The zero-order valence-electron chi connectivity index (χ0n) is 13.1. The van der Waals surface area contributed by atoms with Crippen LogP contribution in [0.4, 0.5) is 0 Å². The summed E-state index contributed by atoms with van der Waals surface area (Å²) in [6, 6.07) is -0.318. The number of carbonyl (C=O) groups excluding carboxylic acids is 1. The van der Waals surface area contributed by atoms with Crippen LogP contribution in [0.15, 0.2) is 0 Å². The van der Waals surface area contributed by atoms with Crippen molar-refractivity contribution in [1.82, 2.24) is 4.90 Å². The lowest BCUT2D eigenvalue weighted by Crippen LogP contribution is -2.50. The molecule has 1 saturated heterocycles. The standard InChI is InChI=1S/C15H30N2O.ClH/c1-6-11(2)13(16)14(18)17-9-7-12(8-10-17)15(3,4)5;/h11-13H,6-10,16H2,1-5H3;1H. The molecule has 0 spiro atoms. The smallest absolute Gasteiger partial charge is 0.239 e. The number of nitrogens with two attached hydrogens (primary N) is 1. The van der Waals surface area contributed by atoms with Crippen LogP contribution in [0, 0.1) is 17.3 Å². The molecule has 1 rings (SSSR count). The average Bonchev–Trinajstić information content (AvgIpc) is 2.35. The molecular weight excluding hydrogens is 260 g/mol. The number of rotatable bonds is 3. The first kappa shape index (κ1) is 18.7. The predicted molar refractivity (Wildman–Crippen MR) is 83.4 cm³/mol. The van der Waals surface area contributed by atoms with Gasteiger partial charge in [-0.15, -0.1) is 12.4 Å². The van der Waals surface area contributed by atoms with Crippen molar-refractivity contribution in [3.05, 3.63) is 0 Å². The number of amides is 1. The molecule has 0 aliphatic carbocycles. The Hall–Kier alpha value is -0.280. The fourth-order valence-corrected chi connectivity index (χ4v) is 2.67. The summed E-state index contributed by atoms with van der Waals surface area (Å²) in [5.41, 5.74) is 6.39. The zero-order chi connectivity index (χ0) is 13.9. The van der Waals surface area contributed by atoms with Crippen molar-refractivity contribution in [3.8, 4) is 0 Å². The second-order valence-electron chi connectivity index (χ2n) is 6.88. The lowest BCUT2D eigenvalue weighted by atomic mass is 9.75. The minimum atomic E-state index is -0.318. The predicted octanol–water partition coefficient (Wildman–Crippen LogP) is 3.07. The van der Waals surface area contributed by atoms with E-state index in [-0.39, 0.29) is 30.3 Å². The lowest BCUT2D eigenvalue weighted by Gasteiger charge is -2.40. The molecule has 2 N–H and O–H groups in total. The Balaban J connectivity index is 0.00000324. The summed E-state index contributed by atoms with van der Waals surface area (Å²) in [6.07, 6.45) is 3.19. The van der Waals surface area contributed by atoms with Crippen LogP contribution < -0.4 is 5.73 Å². The fraction of sp³-hybridized carbons (Fsp3) is 0.933. The number of halogens is 1. The molecular formula is C15H31ClN2O. The zero-order valence-corrected chi connectivity index (χ0v) is 13.9. The van der Waals surface area contributed by atoms with Gasteiger partial charge in [-0.2, -0.15) is 0 Å². The third-order valence-electron chi connectivity index (χ3n) is 4.57. The summed E-state index contributed by atoms with van der Waals surface area (Å²) in [5.74, 6) is 1.15. The largest absolute Gasteiger partial charge is 0.341 e. The van der Waals surface area contributed by atoms with Crippen molar-refractivity contribution in [1.29, 1.82) is 0 Å². The molecule has 2 unspecified atom stereocenters. The Kier molecular flexibility index (Phi) is 7.38. The van der Waals surface area contributed by atoms with Crippen LogP contribution in [0.2, 0.25) is 0 Å². The van der Waals surface area contributed by atoms with Gasteiger partial charge < -0.3 is 10.6 Å². The first-order valence-corrected chi connectivity index (χ1v) is 7.31. The van der Waals surface area contributed by atoms with Gasteiger partial charge in [-0.1, -0.05) is 41.0 Å². The van der Waals surface area contributed by atoms with Gasteiger partial charge in [0.15, 0.2) is 0 Å². The van der Waals surface area contributed by atoms with E-state index in [1.165, 1.54) is 0 Å². The van der Waals surface area contributed by atoms with Gasteiger partial charge in [0.05, 0.1) is 6.04 Å². The summed E-state index contributed by atoms with van der Waals surface area (Å²) < 4.78 is 0. The highest BCUT2D eigenvalue weighted by Gasteiger charge is 2.32. The van der Waals surface area contributed by atoms with Crippen molar-refractivity contribution in [2.75, 3.05) is 13.1 Å². The van der Waals surface area contributed by atoms with Crippen LogP contribution in [0.25, 0.3) is 0 Å². The van der Waals surface area contributed by atoms with Crippen LogP contribution >= 0.6 is 12.4 Å².